The molecule has 1 saturated heterocycles. The molecular weight excluding hydrogens is 594 g/mol. The predicted octanol–water partition coefficient (Wildman–Crippen LogP) is 4.65. The van der Waals surface area contributed by atoms with Crippen LogP contribution in [0.5, 0.6) is 0 Å². The van der Waals surface area contributed by atoms with E-state index in [4.69, 9.17) is 22.1 Å². The van der Waals surface area contributed by atoms with Gasteiger partial charge in [-0.05, 0) is 80.0 Å². The van der Waals surface area contributed by atoms with Gasteiger partial charge in [0, 0.05) is 27.4 Å². The molecule has 2 amide bonds. The van der Waals surface area contributed by atoms with Gasteiger partial charge in [0.1, 0.15) is 22.8 Å². The maximum absolute atomic E-state index is 13.4. The van der Waals surface area contributed by atoms with E-state index in [0.29, 0.717) is 44.3 Å². The van der Waals surface area contributed by atoms with Gasteiger partial charge in [-0.2, -0.15) is 0 Å². The average molecular weight is 623 g/mol. The second-order valence-corrected chi connectivity index (χ2v) is 12.5. The number of imidazole rings is 1. The molecule has 4 N–H and O–H groups in total. The van der Waals surface area contributed by atoms with Gasteiger partial charge >= 0.3 is 5.97 Å². The van der Waals surface area contributed by atoms with E-state index in [1.807, 2.05) is 13.0 Å². The van der Waals surface area contributed by atoms with Crippen molar-refractivity contribution in [1.29, 1.82) is 0 Å². The van der Waals surface area contributed by atoms with Crippen LogP contribution >= 0.6 is 39.3 Å². The molecule has 9 nitrogen and oxygen atoms in total. The summed E-state index contributed by atoms with van der Waals surface area (Å²) in [6, 6.07) is 8.75. The summed E-state index contributed by atoms with van der Waals surface area (Å²) >= 11 is 10.9. The molecule has 0 saturated carbocycles. The topological polar surface area (TPSA) is 130 Å². The van der Waals surface area contributed by atoms with Crippen LogP contribution in [0.15, 0.2) is 40.9 Å². The third kappa shape index (κ3) is 6.33. The van der Waals surface area contributed by atoms with Crippen molar-refractivity contribution in [2.24, 2.45) is 5.73 Å². The largest absolute Gasteiger partial charge is 0.459 e. The van der Waals surface area contributed by atoms with Crippen molar-refractivity contribution in [1.82, 2.24) is 20.2 Å². The number of amides is 2. The highest BCUT2D eigenvalue weighted by Gasteiger charge is 2.39. The van der Waals surface area contributed by atoms with Crippen molar-refractivity contribution < 1.29 is 19.1 Å². The van der Waals surface area contributed by atoms with Crippen LogP contribution in [-0.2, 0) is 9.53 Å². The third-order valence-electron chi connectivity index (χ3n) is 5.86. The van der Waals surface area contributed by atoms with Gasteiger partial charge in [0.25, 0.3) is 11.8 Å². The molecule has 1 aromatic heterocycles. The first kappa shape index (κ1) is 28.4. The van der Waals surface area contributed by atoms with Gasteiger partial charge in [0.2, 0.25) is 0 Å². The van der Waals surface area contributed by atoms with E-state index in [1.54, 1.807) is 56.0 Å². The number of halogens is 2. The number of aromatic amines is 1. The summed E-state index contributed by atoms with van der Waals surface area (Å²) in [5.41, 5.74) is 7.79. The summed E-state index contributed by atoms with van der Waals surface area (Å²) in [6.07, 6.45) is 0. The van der Waals surface area contributed by atoms with Crippen molar-refractivity contribution in [3.8, 4) is 0 Å². The van der Waals surface area contributed by atoms with Crippen LogP contribution in [-0.4, -0.2) is 62.0 Å². The lowest BCUT2D eigenvalue weighted by Crippen LogP contribution is -2.51. The number of hydrogen-bond donors (Lipinski definition) is 3. The highest BCUT2D eigenvalue weighted by molar-refractivity contribution is 9.10. The molecule has 2 aromatic carbocycles. The number of fused-ring (bicyclic) bond motifs is 1. The summed E-state index contributed by atoms with van der Waals surface area (Å²) in [6.45, 7) is 7.57. The number of benzene rings is 2. The first-order valence-corrected chi connectivity index (χ1v) is 14.2. The lowest BCUT2D eigenvalue weighted by molar-refractivity contribution is -0.157. The van der Waals surface area contributed by atoms with Gasteiger partial charge < -0.3 is 25.7 Å². The fourth-order valence-electron chi connectivity index (χ4n) is 4.03. The Bertz CT molecular complexity index is 1390. The van der Waals surface area contributed by atoms with Gasteiger partial charge in [0.15, 0.2) is 0 Å². The molecule has 1 aliphatic rings. The SMILES string of the molecule is C[C@H](NC(=O)c1ccc(C(=O)N2CCS[C@@H]2C(N)C(=O)OC(C)(C)C)c(Br)c1)c1nc2cc(Cl)ccc2[nH]1. The van der Waals surface area contributed by atoms with Crippen molar-refractivity contribution >= 4 is 68.1 Å². The zero-order valence-electron chi connectivity index (χ0n) is 21.4. The van der Waals surface area contributed by atoms with E-state index in [-0.39, 0.29) is 11.8 Å². The number of carbonyl (C=O) groups is 3. The van der Waals surface area contributed by atoms with Gasteiger partial charge in [-0.25, -0.2) is 4.98 Å². The molecule has 0 aliphatic carbocycles. The maximum Gasteiger partial charge on any atom is 0.326 e. The number of thioether (sulfide) groups is 1. The molecule has 3 atom stereocenters. The Morgan fingerprint density at radius 1 is 1.26 bits per heavy atom. The molecule has 3 aromatic rings. The zero-order valence-corrected chi connectivity index (χ0v) is 24.5. The van der Waals surface area contributed by atoms with E-state index >= 15 is 0 Å². The Morgan fingerprint density at radius 2 is 2.00 bits per heavy atom. The summed E-state index contributed by atoms with van der Waals surface area (Å²) in [5, 5.41) is 2.95. The minimum absolute atomic E-state index is 0.285. The number of ether oxygens (including phenoxy) is 1. The molecule has 1 unspecified atom stereocenters. The van der Waals surface area contributed by atoms with Gasteiger partial charge in [-0.3, -0.25) is 14.4 Å². The maximum atomic E-state index is 13.4. The molecule has 1 aliphatic heterocycles. The molecule has 0 radical (unpaired) electrons. The van der Waals surface area contributed by atoms with E-state index in [2.05, 4.69) is 31.2 Å². The smallest absolute Gasteiger partial charge is 0.326 e. The summed E-state index contributed by atoms with van der Waals surface area (Å²) in [7, 11) is 0. The number of rotatable bonds is 6. The van der Waals surface area contributed by atoms with Crippen LogP contribution in [0.4, 0.5) is 0 Å². The fraction of sp³-hybridized carbons (Fsp3) is 0.385. The summed E-state index contributed by atoms with van der Waals surface area (Å²) < 4.78 is 5.88. The number of H-pyrrole nitrogens is 1. The van der Waals surface area contributed by atoms with Crippen LogP contribution in [0, 0.1) is 0 Å². The Balaban J connectivity index is 1.45. The lowest BCUT2D eigenvalue weighted by atomic mass is 10.1. The Labute approximate surface area is 238 Å². The molecule has 4 rings (SSSR count). The summed E-state index contributed by atoms with van der Waals surface area (Å²) in [4.78, 5) is 48.2. The number of nitrogens with two attached hydrogens (primary N) is 1. The minimum atomic E-state index is -0.981. The second-order valence-electron chi connectivity index (χ2n) is 9.99. The molecule has 12 heteroatoms. The molecule has 2 heterocycles. The second kappa shape index (κ2) is 11.3. The van der Waals surface area contributed by atoms with Crippen molar-refractivity contribution in [2.45, 2.75) is 50.8 Å². The monoisotopic (exact) mass is 621 g/mol. The predicted molar refractivity (Wildman–Crippen MR) is 152 cm³/mol. The normalized spacial score (nSPS) is 17.3. The van der Waals surface area contributed by atoms with E-state index < -0.39 is 29.0 Å². The number of hydrogen-bond acceptors (Lipinski definition) is 7. The van der Waals surface area contributed by atoms with Gasteiger partial charge in [-0.15, -0.1) is 11.8 Å². The highest BCUT2D eigenvalue weighted by atomic mass is 79.9. The molecule has 0 bridgehead atoms. The Kier molecular flexibility index (Phi) is 8.41. The Morgan fingerprint density at radius 3 is 2.68 bits per heavy atom. The van der Waals surface area contributed by atoms with E-state index in [9.17, 15) is 14.4 Å². The first-order valence-electron chi connectivity index (χ1n) is 12.0. The number of aromatic nitrogens is 2. The standard InChI is InChI=1S/C26H29BrClN5O4S/c1-13(21-31-18-8-6-15(28)12-19(18)32-21)30-22(34)14-5-7-16(17(27)11-14)23(35)33-9-10-38-24(33)20(29)25(36)37-26(2,3)4/h5-8,11-13,20,24H,9-10,29H2,1-4H3,(H,30,34)(H,31,32)/t13-,20?,24+/m0/s1. The minimum Gasteiger partial charge on any atom is -0.459 e. The first-order chi connectivity index (χ1) is 17.8. The lowest BCUT2D eigenvalue weighted by Gasteiger charge is -2.30. The number of esters is 1. The number of nitrogens with one attached hydrogen (secondary N) is 2. The third-order valence-corrected chi connectivity index (χ3v) is 8.06. The Hall–Kier alpha value is -2.60. The van der Waals surface area contributed by atoms with Crippen molar-refractivity contribution in [2.75, 3.05) is 12.3 Å². The van der Waals surface area contributed by atoms with Gasteiger partial charge in [0.05, 0.1) is 22.6 Å². The summed E-state index contributed by atoms with van der Waals surface area (Å²) in [5.74, 6) is 0.0869. The quantitative estimate of drug-likeness (QED) is 0.341. The van der Waals surface area contributed by atoms with Crippen LogP contribution in [0.25, 0.3) is 11.0 Å². The number of nitrogens with zero attached hydrogens (tertiary/aromatic N) is 2. The van der Waals surface area contributed by atoms with Gasteiger partial charge in [-0.1, -0.05) is 11.6 Å². The highest BCUT2D eigenvalue weighted by Crippen LogP contribution is 2.31. The van der Waals surface area contributed by atoms with Crippen molar-refractivity contribution in [3.05, 3.63) is 62.8 Å². The molecule has 38 heavy (non-hydrogen) atoms. The van der Waals surface area contributed by atoms with Crippen LogP contribution in [0.1, 0.15) is 60.3 Å². The molecule has 1 fully saturated rings. The van der Waals surface area contributed by atoms with Crippen molar-refractivity contribution in [3.63, 3.8) is 0 Å². The van der Waals surface area contributed by atoms with E-state index in [0.717, 1.165) is 5.52 Å². The number of carbonyl (C=O) groups excluding carboxylic acids is 3. The van der Waals surface area contributed by atoms with Crippen LogP contribution in [0.2, 0.25) is 5.02 Å². The van der Waals surface area contributed by atoms with E-state index in [1.165, 1.54) is 11.8 Å². The van der Waals surface area contributed by atoms with Crippen LogP contribution in [0.3, 0.4) is 0 Å². The zero-order chi connectivity index (χ0) is 27.8. The van der Waals surface area contributed by atoms with Crippen LogP contribution < -0.4 is 11.1 Å². The molecular formula is C26H29BrClN5O4S. The average Bonchev–Trinajstić information content (AvgIpc) is 3.49. The molecule has 0 spiro atoms. The fourth-order valence-corrected chi connectivity index (χ4v) is 5.98. The molecule has 202 valence electrons.